The molecule has 1 aromatic heterocycles. The summed E-state index contributed by atoms with van der Waals surface area (Å²) < 4.78 is 22.1. The number of rotatable bonds is 3. The van der Waals surface area contributed by atoms with Crippen molar-refractivity contribution in [2.45, 2.75) is 6.54 Å². The van der Waals surface area contributed by atoms with Crippen molar-refractivity contribution < 1.29 is 13.7 Å². The molecule has 62 valence electrons. The molecule has 0 radical (unpaired) electrons. The van der Waals surface area contributed by atoms with Crippen molar-refractivity contribution in [3.63, 3.8) is 0 Å². The molecule has 0 aliphatic carbocycles. The molecule has 1 aromatic rings. The fraction of sp³-hybridized carbons (Fsp3) is 0.125. The van der Waals surface area contributed by atoms with Gasteiger partial charge in [-0.05, 0) is 6.08 Å². The molecule has 12 heavy (non-hydrogen) atoms. The van der Waals surface area contributed by atoms with E-state index in [0.29, 0.717) is 6.54 Å². The van der Waals surface area contributed by atoms with Crippen LogP contribution in [0.5, 0.6) is 0 Å². The number of hydrogen-bond donors (Lipinski definition) is 0. The van der Waals surface area contributed by atoms with E-state index < -0.39 is 7.68 Å². The van der Waals surface area contributed by atoms with Crippen LogP contribution in [0.4, 0.5) is 0 Å². The van der Waals surface area contributed by atoms with Crippen LogP contribution in [0, 0.1) is 0 Å². The topological polar surface area (TPSA) is 38.0 Å². The van der Waals surface area contributed by atoms with Crippen molar-refractivity contribution in [2.75, 3.05) is 0 Å². The molecule has 0 spiro atoms. The Kier molecular flexibility index (Phi) is 3.42. The minimum Gasteiger partial charge on any atom is -0.232 e. The van der Waals surface area contributed by atoms with Crippen LogP contribution in [0.3, 0.4) is 0 Å². The first kappa shape index (κ1) is 8.88. The van der Waals surface area contributed by atoms with E-state index in [2.05, 4.69) is 0 Å². The summed E-state index contributed by atoms with van der Waals surface area (Å²) in [6.45, 7) is 0.587. The lowest BCUT2D eigenvalue weighted by atomic mass is 10.5. The van der Waals surface area contributed by atoms with Crippen molar-refractivity contribution in [1.82, 2.24) is 0 Å². The van der Waals surface area contributed by atoms with Crippen LogP contribution < -0.4 is 4.57 Å². The van der Waals surface area contributed by atoms with Gasteiger partial charge in [0.2, 0.25) is 0 Å². The fourth-order valence-electron chi connectivity index (χ4n) is 0.811. The molecule has 0 unspecified atom stereocenters. The maximum atomic E-state index is 10.1. The minimum atomic E-state index is -2.39. The molecule has 3 nitrogen and oxygen atoms in total. The highest BCUT2D eigenvalue weighted by Crippen LogP contribution is 2.02. The largest absolute Gasteiger partial charge is 0.341 e. The summed E-state index contributed by atoms with van der Waals surface area (Å²) in [4.78, 5) is 0. The average molecular weight is 182 g/mol. The van der Waals surface area contributed by atoms with Gasteiger partial charge in [0, 0.05) is 17.9 Å². The Morgan fingerprint density at radius 1 is 1.17 bits per heavy atom. The Morgan fingerprint density at radius 2 is 1.83 bits per heavy atom. The van der Waals surface area contributed by atoms with Gasteiger partial charge < -0.3 is 0 Å². The van der Waals surface area contributed by atoms with Crippen LogP contribution in [0.25, 0.3) is 0 Å². The molecule has 0 saturated heterocycles. The first-order valence-corrected chi connectivity index (χ1v) is 4.78. The van der Waals surface area contributed by atoms with E-state index in [9.17, 15) is 9.13 Å². The highest BCUT2D eigenvalue weighted by molar-refractivity contribution is 7.34. The van der Waals surface area contributed by atoms with Gasteiger partial charge in [-0.2, -0.15) is 0 Å². The maximum Gasteiger partial charge on any atom is 0.341 e. The molecule has 4 heteroatoms. The highest BCUT2D eigenvalue weighted by Gasteiger charge is 1.91. The molecule has 0 bridgehead atoms. The van der Waals surface area contributed by atoms with Crippen LogP contribution in [0.2, 0.25) is 0 Å². The van der Waals surface area contributed by atoms with Crippen LogP contribution in [-0.4, -0.2) is 0 Å². The normalized spacial score (nSPS) is 10.3. The number of allylic oxidation sites excluding steroid dienone is 1. The van der Waals surface area contributed by atoms with Gasteiger partial charge >= 0.3 is 7.68 Å². The third-order valence-electron chi connectivity index (χ3n) is 1.32. The first-order valence-electron chi connectivity index (χ1n) is 3.53. The van der Waals surface area contributed by atoms with Gasteiger partial charge in [-0.15, -0.1) is 0 Å². The summed E-state index contributed by atoms with van der Waals surface area (Å²) in [5, 5.41) is 0. The van der Waals surface area contributed by atoms with E-state index in [-0.39, 0.29) is 0 Å². The fourth-order valence-corrected chi connectivity index (χ4v) is 1.08. The van der Waals surface area contributed by atoms with Gasteiger partial charge in [0.25, 0.3) is 0 Å². The summed E-state index contributed by atoms with van der Waals surface area (Å²) in [5.41, 5.74) is 0. The predicted octanol–water partition coefficient (Wildman–Crippen LogP) is 1.66. The van der Waals surface area contributed by atoms with Gasteiger partial charge in [-0.1, -0.05) is 6.07 Å². The zero-order valence-electron chi connectivity index (χ0n) is 6.46. The molecule has 0 aromatic carbocycles. The number of nitrogens with zero attached hydrogens (tertiary/aromatic N) is 1. The van der Waals surface area contributed by atoms with Crippen molar-refractivity contribution >= 4 is 7.68 Å². The van der Waals surface area contributed by atoms with Crippen LogP contribution in [0.1, 0.15) is 0 Å². The summed E-state index contributed by atoms with van der Waals surface area (Å²) in [6, 6.07) is 5.70. The molecular formula is C8H9NO2P+. The second-order valence-electron chi connectivity index (χ2n) is 2.24. The minimum absolute atomic E-state index is 0.587. The number of aromatic nitrogens is 1. The summed E-state index contributed by atoms with van der Waals surface area (Å²) in [5.74, 6) is 1.18. The highest BCUT2D eigenvalue weighted by atomic mass is 31.1. The van der Waals surface area contributed by atoms with Crippen molar-refractivity contribution in [2.24, 2.45) is 0 Å². The molecule has 0 aliphatic heterocycles. The second-order valence-corrected chi connectivity index (χ2v) is 3.11. The molecule has 1 rings (SSSR count). The zero-order valence-corrected chi connectivity index (χ0v) is 7.35. The summed E-state index contributed by atoms with van der Waals surface area (Å²) in [6.07, 6.45) is 5.36. The Balaban J connectivity index is 2.54. The smallest absolute Gasteiger partial charge is 0.232 e. The Morgan fingerprint density at radius 3 is 2.42 bits per heavy atom. The molecule has 0 atom stereocenters. The van der Waals surface area contributed by atoms with E-state index in [1.54, 1.807) is 6.08 Å². The van der Waals surface area contributed by atoms with Crippen LogP contribution in [-0.2, 0) is 15.7 Å². The Hall–Kier alpha value is -1.21. The van der Waals surface area contributed by atoms with E-state index in [1.165, 1.54) is 5.82 Å². The van der Waals surface area contributed by atoms with E-state index >= 15 is 0 Å². The molecular weight excluding hydrogens is 173 g/mol. The molecule has 0 saturated carbocycles. The summed E-state index contributed by atoms with van der Waals surface area (Å²) in [7, 11) is -2.39. The number of pyridine rings is 1. The van der Waals surface area contributed by atoms with E-state index in [4.69, 9.17) is 0 Å². The lowest BCUT2D eigenvalue weighted by molar-refractivity contribution is -0.687. The molecule has 0 N–H and O–H groups in total. The van der Waals surface area contributed by atoms with Gasteiger partial charge in [-0.25, -0.2) is 13.7 Å². The Labute approximate surface area is 71.2 Å². The van der Waals surface area contributed by atoms with Crippen molar-refractivity contribution in [3.05, 3.63) is 42.5 Å². The SMILES string of the molecule is O=P(=O)C=CC[n+]1ccccc1. The second kappa shape index (κ2) is 4.62. The third kappa shape index (κ3) is 3.26. The molecule has 1 heterocycles. The monoisotopic (exact) mass is 182 g/mol. The summed E-state index contributed by atoms with van der Waals surface area (Å²) >= 11 is 0. The van der Waals surface area contributed by atoms with Crippen LogP contribution in [0.15, 0.2) is 42.5 Å². The predicted molar refractivity (Wildman–Crippen MR) is 44.1 cm³/mol. The van der Waals surface area contributed by atoms with E-state index in [0.717, 1.165) is 0 Å². The van der Waals surface area contributed by atoms with Gasteiger partial charge in [0.05, 0.1) is 0 Å². The number of hydrogen-bond acceptors (Lipinski definition) is 2. The average Bonchev–Trinajstić information content (AvgIpc) is 2.05. The van der Waals surface area contributed by atoms with Crippen molar-refractivity contribution in [1.29, 1.82) is 0 Å². The van der Waals surface area contributed by atoms with Gasteiger partial charge in [-0.3, -0.25) is 0 Å². The lowest BCUT2D eigenvalue weighted by Gasteiger charge is -1.86. The lowest BCUT2D eigenvalue weighted by Crippen LogP contribution is -2.30. The standard InChI is InChI=1S/C8H9NO2P/c10-12(11)8-4-7-9-5-2-1-3-6-9/h1-6,8H,7H2/q+1. The van der Waals surface area contributed by atoms with Crippen molar-refractivity contribution in [3.8, 4) is 0 Å². The third-order valence-corrected chi connectivity index (χ3v) is 1.77. The molecule has 0 amide bonds. The quantitative estimate of drug-likeness (QED) is 0.526. The zero-order chi connectivity index (χ0) is 8.81. The maximum absolute atomic E-state index is 10.1. The first-order chi connectivity index (χ1) is 5.79. The van der Waals surface area contributed by atoms with Gasteiger partial charge in [0.15, 0.2) is 18.9 Å². The van der Waals surface area contributed by atoms with E-state index in [1.807, 2.05) is 35.2 Å². The molecule has 0 fully saturated rings. The van der Waals surface area contributed by atoms with Gasteiger partial charge in [0.1, 0.15) is 0 Å². The molecule has 0 aliphatic rings. The van der Waals surface area contributed by atoms with Crippen LogP contribution >= 0.6 is 7.68 Å². The Bertz CT molecular complexity index is 322.